The molecule has 0 spiro atoms. The van der Waals surface area contributed by atoms with Gasteiger partial charge in [-0.3, -0.25) is 4.57 Å². The summed E-state index contributed by atoms with van der Waals surface area (Å²) in [6, 6.07) is 10.0. The molecule has 154 valence electrons. The SMILES string of the molecule is CCn1c(Oc2ccc(F)cc2)nnc1C(NSc1ccc(C)cc1)C(F)(F)F. The fourth-order valence-electron chi connectivity index (χ4n) is 2.49. The maximum absolute atomic E-state index is 13.7. The van der Waals surface area contributed by atoms with Gasteiger partial charge in [0, 0.05) is 11.4 Å². The molecule has 29 heavy (non-hydrogen) atoms. The Bertz CT molecular complexity index is 942. The molecule has 3 aromatic rings. The zero-order valence-corrected chi connectivity index (χ0v) is 16.4. The van der Waals surface area contributed by atoms with Gasteiger partial charge in [0.15, 0.2) is 11.9 Å². The van der Waals surface area contributed by atoms with Crippen molar-refractivity contribution in [3.63, 3.8) is 0 Å². The lowest BCUT2D eigenvalue weighted by Gasteiger charge is -2.21. The molecule has 1 N–H and O–H groups in total. The number of hydrogen-bond donors (Lipinski definition) is 1. The lowest BCUT2D eigenvalue weighted by Crippen LogP contribution is -2.33. The van der Waals surface area contributed by atoms with Gasteiger partial charge in [-0.25, -0.2) is 9.11 Å². The third-order valence-electron chi connectivity index (χ3n) is 3.99. The van der Waals surface area contributed by atoms with Crippen molar-refractivity contribution >= 4 is 11.9 Å². The molecule has 10 heteroatoms. The number of ether oxygens (including phenoxy) is 1. The van der Waals surface area contributed by atoms with E-state index in [0.29, 0.717) is 4.90 Å². The minimum atomic E-state index is -4.61. The summed E-state index contributed by atoms with van der Waals surface area (Å²) in [5.74, 6) is -0.535. The van der Waals surface area contributed by atoms with Gasteiger partial charge in [0.25, 0.3) is 0 Å². The van der Waals surface area contributed by atoms with Crippen LogP contribution in [0.2, 0.25) is 0 Å². The number of halogens is 4. The monoisotopic (exact) mass is 426 g/mol. The number of hydrogen-bond acceptors (Lipinski definition) is 5. The minimum Gasteiger partial charge on any atom is -0.424 e. The number of aromatic nitrogens is 3. The molecular weight excluding hydrogens is 408 g/mol. The fraction of sp³-hybridized carbons (Fsp3) is 0.263. The van der Waals surface area contributed by atoms with E-state index in [1.165, 1.54) is 28.8 Å². The van der Waals surface area contributed by atoms with Gasteiger partial charge < -0.3 is 4.74 Å². The summed E-state index contributed by atoms with van der Waals surface area (Å²) >= 11 is 0.859. The molecule has 0 aliphatic rings. The van der Waals surface area contributed by atoms with Gasteiger partial charge in [0.1, 0.15) is 11.6 Å². The second-order valence-electron chi connectivity index (χ2n) is 6.15. The van der Waals surface area contributed by atoms with E-state index in [-0.39, 0.29) is 24.1 Å². The number of alkyl halides is 3. The molecule has 5 nitrogen and oxygen atoms in total. The van der Waals surface area contributed by atoms with E-state index < -0.39 is 18.0 Å². The van der Waals surface area contributed by atoms with Crippen molar-refractivity contribution in [3.05, 3.63) is 65.7 Å². The molecule has 1 heterocycles. The first-order chi connectivity index (χ1) is 13.8. The highest BCUT2D eigenvalue weighted by Gasteiger charge is 2.44. The zero-order valence-electron chi connectivity index (χ0n) is 15.6. The highest BCUT2D eigenvalue weighted by atomic mass is 32.2. The number of nitrogens with zero attached hydrogens (tertiary/aromatic N) is 3. The van der Waals surface area contributed by atoms with Crippen molar-refractivity contribution in [2.24, 2.45) is 0 Å². The van der Waals surface area contributed by atoms with E-state index in [9.17, 15) is 17.6 Å². The average molecular weight is 426 g/mol. The number of nitrogens with one attached hydrogen (secondary N) is 1. The van der Waals surface area contributed by atoms with Gasteiger partial charge in [-0.1, -0.05) is 22.8 Å². The van der Waals surface area contributed by atoms with Crippen LogP contribution in [0.25, 0.3) is 0 Å². The zero-order chi connectivity index (χ0) is 21.0. The molecular formula is C19H18F4N4OS. The third-order valence-corrected chi connectivity index (χ3v) is 4.85. The predicted molar refractivity (Wildman–Crippen MR) is 101 cm³/mol. The summed E-state index contributed by atoms with van der Waals surface area (Å²) in [5, 5.41) is 7.47. The summed E-state index contributed by atoms with van der Waals surface area (Å²) < 4.78 is 63.4. The molecule has 0 aliphatic heterocycles. The molecule has 0 fully saturated rings. The summed E-state index contributed by atoms with van der Waals surface area (Å²) in [6.07, 6.45) is -4.61. The summed E-state index contributed by atoms with van der Waals surface area (Å²) in [5.41, 5.74) is 1.01. The third kappa shape index (κ3) is 5.27. The Morgan fingerprint density at radius 3 is 2.31 bits per heavy atom. The molecule has 1 unspecified atom stereocenters. The molecule has 0 saturated heterocycles. The number of aryl methyl sites for hydroxylation is 1. The van der Waals surface area contributed by atoms with Crippen molar-refractivity contribution in [1.29, 1.82) is 0 Å². The van der Waals surface area contributed by atoms with Crippen LogP contribution < -0.4 is 9.46 Å². The van der Waals surface area contributed by atoms with Gasteiger partial charge >= 0.3 is 12.2 Å². The highest BCUT2D eigenvalue weighted by molar-refractivity contribution is 7.97. The highest BCUT2D eigenvalue weighted by Crippen LogP contribution is 2.36. The van der Waals surface area contributed by atoms with Crippen molar-refractivity contribution in [1.82, 2.24) is 19.5 Å². The van der Waals surface area contributed by atoms with Crippen LogP contribution in [0.5, 0.6) is 11.8 Å². The van der Waals surface area contributed by atoms with Gasteiger partial charge in [0.05, 0.1) is 0 Å². The van der Waals surface area contributed by atoms with Crippen molar-refractivity contribution in [2.75, 3.05) is 0 Å². The Kier molecular flexibility index (Phi) is 6.43. The van der Waals surface area contributed by atoms with Crippen LogP contribution in [-0.2, 0) is 6.54 Å². The Morgan fingerprint density at radius 1 is 1.07 bits per heavy atom. The van der Waals surface area contributed by atoms with Gasteiger partial charge in [-0.15, -0.1) is 5.10 Å². The smallest absolute Gasteiger partial charge is 0.411 e. The molecule has 0 radical (unpaired) electrons. The fourth-order valence-corrected chi connectivity index (χ4v) is 3.26. The maximum Gasteiger partial charge on any atom is 0.411 e. The van der Waals surface area contributed by atoms with Crippen LogP contribution in [0, 0.1) is 12.7 Å². The van der Waals surface area contributed by atoms with Gasteiger partial charge in [0.2, 0.25) is 0 Å². The Morgan fingerprint density at radius 2 is 1.72 bits per heavy atom. The molecule has 3 rings (SSSR count). The van der Waals surface area contributed by atoms with E-state index in [1.807, 2.05) is 19.1 Å². The molecule has 1 aromatic heterocycles. The second kappa shape index (κ2) is 8.83. The topological polar surface area (TPSA) is 52.0 Å². The Balaban J connectivity index is 1.84. The Labute approximate surface area is 169 Å². The predicted octanol–water partition coefficient (Wildman–Crippen LogP) is 5.44. The first kappa shape index (κ1) is 21.1. The number of benzene rings is 2. The van der Waals surface area contributed by atoms with E-state index in [4.69, 9.17) is 4.74 Å². The first-order valence-electron chi connectivity index (χ1n) is 8.70. The van der Waals surface area contributed by atoms with Crippen LogP contribution >= 0.6 is 11.9 Å². The van der Waals surface area contributed by atoms with Crippen LogP contribution in [0.4, 0.5) is 17.6 Å². The average Bonchev–Trinajstić information content (AvgIpc) is 3.06. The van der Waals surface area contributed by atoms with Crippen LogP contribution in [0.3, 0.4) is 0 Å². The largest absolute Gasteiger partial charge is 0.424 e. The Hall–Kier alpha value is -2.59. The summed E-state index contributed by atoms with van der Waals surface area (Å²) in [6.45, 7) is 3.71. The second-order valence-corrected chi connectivity index (χ2v) is 7.06. The molecule has 0 aliphatic carbocycles. The quantitative estimate of drug-likeness (QED) is 0.403. The molecule has 0 bridgehead atoms. The van der Waals surface area contributed by atoms with E-state index >= 15 is 0 Å². The van der Waals surface area contributed by atoms with E-state index in [0.717, 1.165) is 17.5 Å². The summed E-state index contributed by atoms with van der Waals surface area (Å²) in [4.78, 5) is 0.634. The maximum atomic E-state index is 13.7. The molecule has 2 aromatic carbocycles. The normalized spacial score (nSPS) is 12.8. The lowest BCUT2D eigenvalue weighted by atomic mass is 10.2. The van der Waals surface area contributed by atoms with E-state index in [1.54, 1.807) is 19.1 Å². The summed E-state index contributed by atoms with van der Waals surface area (Å²) in [7, 11) is 0. The molecule has 1 atom stereocenters. The van der Waals surface area contributed by atoms with E-state index in [2.05, 4.69) is 14.9 Å². The number of rotatable bonds is 7. The van der Waals surface area contributed by atoms with Crippen LogP contribution in [0.15, 0.2) is 53.4 Å². The lowest BCUT2D eigenvalue weighted by molar-refractivity contribution is -0.154. The minimum absolute atomic E-state index is 0.106. The van der Waals surface area contributed by atoms with Gasteiger partial charge in [-0.05, 0) is 62.2 Å². The van der Waals surface area contributed by atoms with Crippen LogP contribution in [-0.4, -0.2) is 20.9 Å². The van der Waals surface area contributed by atoms with Gasteiger partial charge in [-0.2, -0.15) is 13.2 Å². The van der Waals surface area contributed by atoms with Crippen molar-refractivity contribution < 1.29 is 22.3 Å². The molecule has 0 saturated carbocycles. The standard InChI is InChI=1S/C19H18F4N4OS/c1-3-27-17(24-25-18(27)28-14-8-6-13(20)7-9-14)16(19(21,22)23)26-29-15-10-4-12(2)5-11-15/h4-11,16,26H,3H2,1-2H3. The van der Waals surface area contributed by atoms with Crippen molar-refractivity contribution in [2.45, 2.75) is 37.5 Å². The van der Waals surface area contributed by atoms with Crippen LogP contribution in [0.1, 0.15) is 24.4 Å². The first-order valence-corrected chi connectivity index (χ1v) is 9.52. The molecule has 0 amide bonds. The van der Waals surface area contributed by atoms with Crippen molar-refractivity contribution in [3.8, 4) is 11.8 Å².